The summed E-state index contributed by atoms with van der Waals surface area (Å²) in [5.74, 6) is 0.216. The van der Waals surface area contributed by atoms with Gasteiger partial charge in [0.1, 0.15) is 0 Å². The summed E-state index contributed by atoms with van der Waals surface area (Å²) in [7, 11) is 4.05. The Balaban J connectivity index is 0.00000289. The summed E-state index contributed by atoms with van der Waals surface area (Å²) in [6.07, 6.45) is 0.652. The lowest BCUT2D eigenvalue weighted by Gasteiger charge is -2.32. The van der Waals surface area contributed by atoms with Crippen LogP contribution < -0.4 is 12.4 Å². The molecule has 4 heteroatoms. The van der Waals surface area contributed by atoms with E-state index in [2.05, 4.69) is 11.8 Å². The zero-order valence-electron chi connectivity index (χ0n) is 11.5. The Hall–Kier alpha value is -0.280. The van der Waals surface area contributed by atoms with E-state index in [4.69, 9.17) is 11.6 Å². The third-order valence-electron chi connectivity index (χ3n) is 3.18. The van der Waals surface area contributed by atoms with Crippen molar-refractivity contribution in [3.05, 3.63) is 34.9 Å². The zero-order chi connectivity index (χ0) is 13.1. The molecule has 18 heavy (non-hydrogen) atoms. The first-order chi connectivity index (χ1) is 7.81. The van der Waals surface area contributed by atoms with Gasteiger partial charge in [0.15, 0.2) is 0 Å². The minimum Gasteiger partial charge on any atom is -1.00 e. The number of aliphatic hydroxyl groups is 1. The van der Waals surface area contributed by atoms with Crippen LogP contribution in [0.4, 0.5) is 0 Å². The fourth-order valence-electron chi connectivity index (χ4n) is 1.93. The van der Waals surface area contributed by atoms with Crippen LogP contribution in [0.1, 0.15) is 19.4 Å². The first-order valence-corrected chi connectivity index (χ1v) is 6.30. The summed E-state index contributed by atoms with van der Waals surface area (Å²) in [6, 6.07) is 7.67. The Bertz CT molecular complexity index is 349. The lowest BCUT2D eigenvalue weighted by molar-refractivity contribution is -0.00271. The number of halogens is 2. The summed E-state index contributed by atoms with van der Waals surface area (Å²) in [6.45, 7) is 4.85. The normalized spacial score (nSPS) is 15.9. The van der Waals surface area contributed by atoms with Crippen LogP contribution in [0.25, 0.3) is 0 Å². The maximum absolute atomic E-state index is 10.5. The van der Waals surface area contributed by atoms with Crippen molar-refractivity contribution < 1.29 is 17.5 Å². The molecule has 0 aliphatic heterocycles. The van der Waals surface area contributed by atoms with E-state index in [9.17, 15) is 5.11 Å². The van der Waals surface area contributed by atoms with E-state index in [0.29, 0.717) is 6.42 Å². The lowest BCUT2D eigenvalue weighted by Crippen LogP contribution is -3.00. The van der Waals surface area contributed by atoms with Gasteiger partial charge in [0.2, 0.25) is 0 Å². The average molecular weight is 291 g/mol. The van der Waals surface area contributed by atoms with Crippen molar-refractivity contribution in [3.8, 4) is 0 Å². The number of hydrogen-bond donors (Lipinski definition) is 1. The summed E-state index contributed by atoms with van der Waals surface area (Å²) < 4.78 is 0. The molecule has 0 bridgehead atoms. The van der Waals surface area contributed by atoms with Gasteiger partial charge >= 0.3 is 0 Å². The molecule has 1 N–H and O–H groups in total. The van der Waals surface area contributed by atoms with Crippen molar-refractivity contribution in [2.24, 2.45) is 5.92 Å². The molecular formula is C14H22Cl2NO-. The van der Waals surface area contributed by atoms with Crippen molar-refractivity contribution >= 4 is 11.6 Å². The maximum atomic E-state index is 10.5. The smallest absolute Gasteiger partial charge is 0.0697 e. The van der Waals surface area contributed by atoms with Gasteiger partial charge in [-0.15, -0.1) is 0 Å². The Morgan fingerprint density at radius 3 is 2.22 bits per heavy atom. The van der Waals surface area contributed by atoms with Crippen molar-refractivity contribution in [1.82, 2.24) is 4.90 Å². The largest absolute Gasteiger partial charge is 1.00 e. The van der Waals surface area contributed by atoms with Gasteiger partial charge in [-0.2, -0.15) is 0 Å². The van der Waals surface area contributed by atoms with E-state index in [0.717, 1.165) is 17.1 Å². The highest BCUT2D eigenvalue weighted by Crippen LogP contribution is 2.23. The molecule has 0 amide bonds. The predicted octanol–water partition coefficient (Wildman–Crippen LogP) is -0.165. The molecule has 0 spiro atoms. The second-order valence-electron chi connectivity index (χ2n) is 5.32. The van der Waals surface area contributed by atoms with Crippen LogP contribution >= 0.6 is 11.6 Å². The molecule has 0 aliphatic carbocycles. The third-order valence-corrected chi connectivity index (χ3v) is 3.43. The van der Waals surface area contributed by atoms with E-state index in [1.807, 2.05) is 45.3 Å². The van der Waals surface area contributed by atoms with Gasteiger partial charge in [0, 0.05) is 18.0 Å². The summed E-state index contributed by atoms with van der Waals surface area (Å²) in [5.41, 5.74) is 0.419. The topological polar surface area (TPSA) is 23.5 Å². The monoisotopic (exact) mass is 290 g/mol. The Labute approximate surface area is 121 Å². The van der Waals surface area contributed by atoms with Crippen molar-refractivity contribution in [3.63, 3.8) is 0 Å². The molecule has 0 saturated carbocycles. The first kappa shape index (κ1) is 17.7. The van der Waals surface area contributed by atoms with Crippen LogP contribution in [0.5, 0.6) is 0 Å². The van der Waals surface area contributed by atoms with Gasteiger partial charge < -0.3 is 22.4 Å². The molecule has 0 heterocycles. The molecule has 2 unspecified atom stereocenters. The maximum Gasteiger partial charge on any atom is 0.0697 e. The molecule has 1 aromatic carbocycles. The van der Waals surface area contributed by atoms with Gasteiger partial charge in [0.05, 0.1) is 5.60 Å². The fraction of sp³-hybridized carbons (Fsp3) is 0.571. The summed E-state index contributed by atoms with van der Waals surface area (Å²) >= 11 is 5.85. The number of benzene rings is 1. The van der Waals surface area contributed by atoms with E-state index >= 15 is 0 Å². The van der Waals surface area contributed by atoms with Crippen molar-refractivity contribution in [1.29, 1.82) is 0 Å². The highest BCUT2D eigenvalue weighted by atomic mass is 35.5. The first-order valence-electron chi connectivity index (χ1n) is 5.93. The molecule has 2 atom stereocenters. The van der Waals surface area contributed by atoms with Crippen LogP contribution in [0.2, 0.25) is 5.02 Å². The Morgan fingerprint density at radius 2 is 1.78 bits per heavy atom. The van der Waals surface area contributed by atoms with E-state index in [1.54, 1.807) is 0 Å². The van der Waals surface area contributed by atoms with Crippen LogP contribution in [0.3, 0.4) is 0 Å². The van der Waals surface area contributed by atoms with Gasteiger partial charge in [-0.25, -0.2) is 0 Å². The fourth-order valence-corrected chi connectivity index (χ4v) is 2.06. The second kappa shape index (κ2) is 7.34. The van der Waals surface area contributed by atoms with Crippen molar-refractivity contribution in [2.75, 3.05) is 20.6 Å². The predicted molar refractivity (Wildman–Crippen MR) is 73.5 cm³/mol. The summed E-state index contributed by atoms with van der Waals surface area (Å²) in [5, 5.41) is 11.2. The summed E-state index contributed by atoms with van der Waals surface area (Å²) in [4.78, 5) is 2.10. The van der Waals surface area contributed by atoms with E-state index in [1.165, 1.54) is 0 Å². The van der Waals surface area contributed by atoms with Gasteiger partial charge in [-0.3, -0.25) is 0 Å². The Morgan fingerprint density at radius 1 is 1.28 bits per heavy atom. The standard InChI is InChI=1S/C14H22ClNO.ClH/c1-11(10-16(3)4)14(2,17)9-12-5-7-13(15)8-6-12;/h5-8,11,17H,9-10H2,1-4H3;1H/p-1. The van der Waals surface area contributed by atoms with E-state index in [-0.39, 0.29) is 18.3 Å². The third kappa shape index (κ3) is 5.57. The van der Waals surface area contributed by atoms with Gasteiger partial charge in [-0.1, -0.05) is 30.7 Å². The molecule has 0 fully saturated rings. The molecule has 0 radical (unpaired) electrons. The molecule has 1 rings (SSSR count). The molecule has 104 valence electrons. The molecule has 2 nitrogen and oxygen atoms in total. The molecular weight excluding hydrogens is 269 g/mol. The highest BCUT2D eigenvalue weighted by molar-refractivity contribution is 6.30. The average Bonchev–Trinajstić information content (AvgIpc) is 2.20. The molecule has 1 aromatic rings. The SMILES string of the molecule is CC(CN(C)C)C(C)(O)Cc1ccc(Cl)cc1.[Cl-]. The molecule has 0 aromatic heterocycles. The van der Waals surface area contributed by atoms with Gasteiger partial charge in [-0.05, 0) is 44.6 Å². The quantitative estimate of drug-likeness (QED) is 0.814. The highest BCUT2D eigenvalue weighted by Gasteiger charge is 2.28. The minimum absolute atomic E-state index is 0. The number of hydrogen-bond acceptors (Lipinski definition) is 2. The number of rotatable bonds is 5. The molecule has 0 saturated heterocycles. The van der Waals surface area contributed by atoms with Crippen LogP contribution in [0.15, 0.2) is 24.3 Å². The second-order valence-corrected chi connectivity index (χ2v) is 5.76. The Kier molecular flexibility index (Phi) is 7.23. The van der Waals surface area contributed by atoms with Crippen LogP contribution in [-0.2, 0) is 6.42 Å². The van der Waals surface area contributed by atoms with Crippen molar-refractivity contribution in [2.45, 2.75) is 25.9 Å². The van der Waals surface area contributed by atoms with E-state index < -0.39 is 5.60 Å². The van der Waals surface area contributed by atoms with Gasteiger partial charge in [0.25, 0.3) is 0 Å². The zero-order valence-corrected chi connectivity index (χ0v) is 13.0. The number of nitrogens with zero attached hydrogens (tertiary/aromatic N) is 1. The molecule has 0 aliphatic rings. The van der Waals surface area contributed by atoms with Crippen LogP contribution in [-0.4, -0.2) is 36.2 Å². The van der Waals surface area contributed by atoms with Crippen LogP contribution in [0, 0.1) is 5.92 Å². The minimum atomic E-state index is -0.696. The lowest BCUT2D eigenvalue weighted by atomic mass is 9.84.